The van der Waals surface area contributed by atoms with E-state index >= 15 is 0 Å². The standard InChI is InChI=1S/C23H25N3O5/c1-4-31-22(28)19-20(15-8-7-9-16(14-15)30-3)26-18-11-6-5-10-17(18)24-23(26)25(21(19)27)12-13-29-2/h5-11,14,19-20H,4,12-13H2,1-3H3. The van der Waals surface area contributed by atoms with E-state index in [2.05, 4.69) is 0 Å². The highest BCUT2D eigenvalue weighted by molar-refractivity contribution is 6.08. The molecule has 8 heteroatoms. The number of carbonyl (C=O) groups excluding carboxylic acids is 2. The van der Waals surface area contributed by atoms with Gasteiger partial charge in [-0.1, -0.05) is 24.3 Å². The average Bonchev–Trinajstić information content (AvgIpc) is 3.17. The maximum Gasteiger partial charge on any atom is 0.321 e. The van der Waals surface area contributed by atoms with Gasteiger partial charge in [-0.15, -0.1) is 0 Å². The predicted octanol–water partition coefficient (Wildman–Crippen LogP) is 2.81. The van der Waals surface area contributed by atoms with Gasteiger partial charge in [0.2, 0.25) is 11.9 Å². The van der Waals surface area contributed by atoms with Crippen LogP contribution in [0.1, 0.15) is 18.5 Å². The number of methoxy groups -OCH3 is 2. The number of amides is 1. The maximum atomic E-state index is 13.6. The second kappa shape index (κ2) is 8.77. The Morgan fingerprint density at radius 3 is 2.68 bits per heavy atom. The van der Waals surface area contributed by atoms with E-state index in [4.69, 9.17) is 19.2 Å². The molecule has 4 rings (SSSR count). The fourth-order valence-electron chi connectivity index (χ4n) is 4.07. The van der Waals surface area contributed by atoms with Gasteiger partial charge in [0.25, 0.3) is 0 Å². The molecule has 1 aromatic heterocycles. The molecule has 2 aromatic carbocycles. The Kier molecular flexibility index (Phi) is 5.90. The lowest BCUT2D eigenvalue weighted by Crippen LogP contribution is -2.51. The minimum absolute atomic E-state index is 0.184. The molecule has 1 amide bonds. The number of esters is 1. The van der Waals surface area contributed by atoms with Gasteiger partial charge in [-0.3, -0.25) is 14.5 Å². The van der Waals surface area contributed by atoms with E-state index in [1.807, 2.05) is 53.1 Å². The number of rotatable bonds is 7. The molecular weight excluding hydrogens is 398 g/mol. The second-order valence-corrected chi connectivity index (χ2v) is 7.20. The zero-order chi connectivity index (χ0) is 22.0. The van der Waals surface area contributed by atoms with Gasteiger partial charge in [-0.25, -0.2) is 4.98 Å². The van der Waals surface area contributed by atoms with E-state index in [0.29, 0.717) is 18.3 Å². The first-order valence-corrected chi connectivity index (χ1v) is 10.2. The molecule has 3 aromatic rings. The van der Waals surface area contributed by atoms with Crippen molar-refractivity contribution in [2.24, 2.45) is 5.92 Å². The van der Waals surface area contributed by atoms with Crippen LogP contribution in [0.3, 0.4) is 0 Å². The van der Waals surface area contributed by atoms with Crippen molar-refractivity contribution in [3.63, 3.8) is 0 Å². The van der Waals surface area contributed by atoms with E-state index in [1.165, 1.54) is 4.90 Å². The molecule has 2 heterocycles. The zero-order valence-corrected chi connectivity index (χ0v) is 17.8. The highest BCUT2D eigenvalue weighted by Crippen LogP contribution is 2.41. The number of ether oxygens (including phenoxy) is 3. The smallest absolute Gasteiger partial charge is 0.321 e. The Hall–Kier alpha value is -3.39. The van der Waals surface area contributed by atoms with Gasteiger partial charge < -0.3 is 18.8 Å². The minimum Gasteiger partial charge on any atom is -0.497 e. The summed E-state index contributed by atoms with van der Waals surface area (Å²) in [6.07, 6.45) is 0. The number of anilines is 1. The van der Waals surface area contributed by atoms with Gasteiger partial charge in [0, 0.05) is 7.11 Å². The first kappa shape index (κ1) is 20.9. The average molecular weight is 423 g/mol. The molecular formula is C23H25N3O5. The van der Waals surface area contributed by atoms with Crippen molar-refractivity contribution in [1.82, 2.24) is 9.55 Å². The van der Waals surface area contributed by atoms with Crippen molar-refractivity contribution in [2.45, 2.75) is 13.0 Å². The number of hydrogen-bond acceptors (Lipinski definition) is 6. The molecule has 2 unspecified atom stereocenters. The lowest BCUT2D eigenvalue weighted by Gasteiger charge is -2.37. The summed E-state index contributed by atoms with van der Waals surface area (Å²) >= 11 is 0. The number of fused-ring (bicyclic) bond motifs is 3. The van der Waals surface area contributed by atoms with Crippen molar-refractivity contribution in [3.8, 4) is 5.75 Å². The molecule has 31 heavy (non-hydrogen) atoms. The van der Waals surface area contributed by atoms with Crippen LogP contribution in [0.5, 0.6) is 5.75 Å². The fraction of sp³-hybridized carbons (Fsp3) is 0.348. The minimum atomic E-state index is -1.06. The first-order chi connectivity index (χ1) is 15.1. The molecule has 1 aliphatic heterocycles. The Labute approximate surface area is 180 Å². The highest BCUT2D eigenvalue weighted by Gasteiger charge is 2.47. The maximum absolute atomic E-state index is 13.6. The quantitative estimate of drug-likeness (QED) is 0.429. The van der Waals surface area contributed by atoms with Crippen LogP contribution in [0.25, 0.3) is 11.0 Å². The van der Waals surface area contributed by atoms with Crippen LogP contribution >= 0.6 is 0 Å². The molecule has 0 spiro atoms. The van der Waals surface area contributed by atoms with Gasteiger partial charge in [-0.05, 0) is 36.8 Å². The van der Waals surface area contributed by atoms with Crippen LogP contribution in [0.4, 0.5) is 5.95 Å². The van der Waals surface area contributed by atoms with E-state index in [9.17, 15) is 9.59 Å². The number of aromatic nitrogens is 2. The molecule has 2 atom stereocenters. The summed E-state index contributed by atoms with van der Waals surface area (Å²) in [5, 5.41) is 0. The highest BCUT2D eigenvalue weighted by atomic mass is 16.5. The predicted molar refractivity (Wildman–Crippen MR) is 115 cm³/mol. The van der Waals surface area contributed by atoms with Crippen molar-refractivity contribution < 1.29 is 23.8 Å². The number of hydrogen-bond donors (Lipinski definition) is 0. The molecule has 0 radical (unpaired) electrons. The number of benzene rings is 2. The van der Waals surface area contributed by atoms with Gasteiger partial charge in [0.05, 0.1) is 43.9 Å². The fourth-order valence-corrected chi connectivity index (χ4v) is 4.07. The Bertz CT molecular complexity index is 1110. The molecule has 1 aliphatic rings. The van der Waals surface area contributed by atoms with Crippen LogP contribution < -0.4 is 9.64 Å². The van der Waals surface area contributed by atoms with Gasteiger partial charge in [0.1, 0.15) is 5.75 Å². The zero-order valence-electron chi connectivity index (χ0n) is 17.8. The molecule has 8 nitrogen and oxygen atoms in total. The molecule has 0 fully saturated rings. The normalized spacial score (nSPS) is 18.2. The summed E-state index contributed by atoms with van der Waals surface area (Å²) in [7, 11) is 3.15. The van der Waals surface area contributed by atoms with E-state index in [1.54, 1.807) is 21.1 Å². The van der Waals surface area contributed by atoms with Crippen molar-refractivity contribution in [3.05, 3.63) is 54.1 Å². The number of nitrogens with zero attached hydrogens (tertiary/aromatic N) is 3. The third kappa shape index (κ3) is 3.63. The first-order valence-electron chi connectivity index (χ1n) is 10.2. The third-order valence-corrected chi connectivity index (χ3v) is 5.44. The number of imidazole rings is 1. The topological polar surface area (TPSA) is 82.9 Å². The molecule has 0 saturated carbocycles. The van der Waals surface area contributed by atoms with Crippen molar-refractivity contribution in [1.29, 1.82) is 0 Å². The van der Waals surface area contributed by atoms with E-state index in [-0.39, 0.29) is 19.1 Å². The van der Waals surface area contributed by atoms with Gasteiger partial charge >= 0.3 is 5.97 Å². The van der Waals surface area contributed by atoms with E-state index < -0.39 is 17.9 Å². The Morgan fingerprint density at radius 2 is 1.94 bits per heavy atom. The van der Waals surface area contributed by atoms with Crippen LogP contribution in [-0.2, 0) is 19.1 Å². The summed E-state index contributed by atoms with van der Waals surface area (Å²) < 4.78 is 17.9. The third-order valence-electron chi connectivity index (χ3n) is 5.44. The molecule has 0 saturated heterocycles. The lowest BCUT2D eigenvalue weighted by atomic mass is 9.89. The molecule has 162 valence electrons. The van der Waals surface area contributed by atoms with Gasteiger partial charge in [0.15, 0.2) is 5.92 Å². The molecule has 0 N–H and O–H groups in total. The van der Waals surface area contributed by atoms with Gasteiger partial charge in [-0.2, -0.15) is 0 Å². The van der Waals surface area contributed by atoms with Crippen LogP contribution in [-0.4, -0.2) is 55.4 Å². The summed E-state index contributed by atoms with van der Waals surface area (Å²) in [5.41, 5.74) is 2.33. The second-order valence-electron chi connectivity index (χ2n) is 7.20. The summed E-state index contributed by atoms with van der Waals surface area (Å²) in [5.74, 6) is -0.858. The summed E-state index contributed by atoms with van der Waals surface area (Å²) in [6.45, 7) is 2.50. The van der Waals surface area contributed by atoms with Crippen LogP contribution in [0.2, 0.25) is 0 Å². The summed E-state index contributed by atoms with van der Waals surface area (Å²) in [6, 6.07) is 14.4. The Morgan fingerprint density at radius 1 is 1.13 bits per heavy atom. The summed E-state index contributed by atoms with van der Waals surface area (Å²) in [4.78, 5) is 32.9. The molecule has 0 aliphatic carbocycles. The monoisotopic (exact) mass is 423 g/mol. The number of carbonyl (C=O) groups is 2. The van der Waals surface area contributed by atoms with E-state index in [0.717, 1.165) is 16.6 Å². The number of para-hydroxylation sites is 2. The Balaban J connectivity index is 1.98. The van der Waals surface area contributed by atoms with Crippen LogP contribution in [0, 0.1) is 5.92 Å². The SMILES string of the molecule is CCOC(=O)C1C(=O)N(CCOC)c2nc3ccccc3n2C1c1cccc(OC)c1. The molecule has 0 bridgehead atoms. The van der Waals surface area contributed by atoms with Crippen molar-refractivity contribution in [2.75, 3.05) is 38.9 Å². The largest absolute Gasteiger partial charge is 0.497 e. The van der Waals surface area contributed by atoms with Crippen molar-refractivity contribution >= 4 is 28.9 Å². The van der Waals surface area contributed by atoms with Crippen LogP contribution in [0.15, 0.2) is 48.5 Å². The lowest BCUT2D eigenvalue weighted by molar-refractivity contribution is -0.153.